The van der Waals surface area contributed by atoms with Crippen molar-refractivity contribution in [2.45, 2.75) is 39.7 Å². The summed E-state index contributed by atoms with van der Waals surface area (Å²) >= 11 is 0. The number of aryl methyl sites for hydroxylation is 1. The Balaban J connectivity index is 2.50. The van der Waals surface area contributed by atoms with Gasteiger partial charge in [0.15, 0.2) is 6.61 Å². The van der Waals surface area contributed by atoms with E-state index in [1.807, 2.05) is 19.1 Å². The van der Waals surface area contributed by atoms with Gasteiger partial charge in [-0.2, -0.15) is 0 Å². The minimum absolute atomic E-state index is 0.129. The van der Waals surface area contributed by atoms with E-state index < -0.39 is 17.9 Å². The summed E-state index contributed by atoms with van der Waals surface area (Å²) in [6.45, 7) is 5.55. The maximum Gasteiger partial charge on any atom is 0.326 e. The SMILES string of the molecule is CCc1ccc(OCC(=O)N[C@H](C(=O)O)C(C)CC)cc1. The molecule has 2 N–H and O–H groups in total. The highest BCUT2D eigenvalue weighted by Crippen LogP contribution is 2.12. The first kappa shape index (κ1) is 17.0. The number of hydrogen-bond donors (Lipinski definition) is 2. The number of amides is 1. The quantitative estimate of drug-likeness (QED) is 0.770. The number of carbonyl (C=O) groups is 2. The molecule has 0 fully saturated rings. The zero-order valence-corrected chi connectivity index (χ0v) is 12.8. The molecule has 1 aromatic rings. The molecule has 2 atom stereocenters. The summed E-state index contributed by atoms with van der Waals surface area (Å²) in [4.78, 5) is 22.9. The lowest BCUT2D eigenvalue weighted by molar-refractivity contribution is -0.143. The zero-order valence-electron chi connectivity index (χ0n) is 12.8. The van der Waals surface area contributed by atoms with Gasteiger partial charge in [-0.05, 0) is 30.0 Å². The van der Waals surface area contributed by atoms with Crippen molar-refractivity contribution in [3.8, 4) is 5.75 Å². The molecule has 0 saturated heterocycles. The fourth-order valence-electron chi connectivity index (χ4n) is 1.87. The van der Waals surface area contributed by atoms with Crippen molar-refractivity contribution in [1.82, 2.24) is 5.32 Å². The summed E-state index contributed by atoms with van der Waals surface area (Å²) in [5.41, 5.74) is 1.19. The van der Waals surface area contributed by atoms with Crippen molar-refractivity contribution in [3.63, 3.8) is 0 Å². The number of carboxylic acid groups (broad SMARTS) is 1. The second-order valence-electron chi connectivity index (χ2n) is 5.06. The van der Waals surface area contributed by atoms with Crippen LogP contribution in [0.3, 0.4) is 0 Å². The fourth-order valence-corrected chi connectivity index (χ4v) is 1.87. The molecule has 1 amide bonds. The van der Waals surface area contributed by atoms with Crippen LogP contribution in [-0.4, -0.2) is 29.6 Å². The van der Waals surface area contributed by atoms with Gasteiger partial charge in [0.1, 0.15) is 11.8 Å². The van der Waals surface area contributed by atoms with Gasteiger partial charge in [0.25, 0.3) is 5.91 Å². The monoisotopic (exact) mass is 293 g/mol. The molecule has 5 nitrogen and oxygen atoms in total. The number of ether oxygens (including phenoxy) is 1. The lowest BCUT2D eigenvalue weighted by Gasteiger charge is -2.20. The van der Waals surface area contributed by atoms with E-state index in [0.29, 0.717) is 12.2 Å². The second-order valence-corrected chi connectivity index (χ2v) is 5.06. The molecular weight excluding hydrogens is 270 g/mol. The topological polar surface area (TPSA) is 75.6 Å². The molecule has 1 rings (SSSR count). The Labute approximate surface area is 125 Å². The van der Waals surface area contributed by atoms with Crippen LogP contribution in [0.1, 0.15) is 32.8 Å². The Morgan fingerprint density at radius 3 is 2.33 bits per heavy atom. The van der Waals surface area contributed by atoms with E-state index in [1.165, 1.54) is 5.56 Å². The average Bonchev–Trinajstić information content (AvgIpc) is 2.50. The minimum Gasteiger partial charge on any atom is -0.484 e. The number of aliphatic carboxylic acids is 1. The van der Waals surface area contributed by atoms with Crippen LogP contribution in [0.15, 0.2) is 24.3 Å². The third-order valence-electron chi connectivity index (χ3n) is 3.50. The van der Waals surface area contributed by atoms with Crippen molar-refractivity contribution in [3.05, 3.63) is 29.8 Å². The van der Waals surface area contributed by atoms with E-state index in [1.54, 1.807) is 19.1 Å². The van der Waals surface area contributed by atoms with Crippen LogP contribution in [0.5, 0.6) is 5.75 Å². The Morgan fingerprint density at radius 2 is 1.86 bits per heavy atom. The number of carboxylic acids is 1. The fraction of sp³-hybridized carbons (Fsp3) is 0.500. The summed E-state index contributed by atoms with van der Waals surface area (Å²) in [5.74, 6) is -0.986. The van der Waals surface area contributed by atoms with Gasteiger partial charge in [-0.1, -0.05) is 39.3 Å². The van der Waals surface area contributed by atoms with E-state index in [2.05, 4.69) is 12.2 Å². The smallest absolute Gasteiger partial charge is 0.326 e. The predicted octanol–water partition coefficient (Wildman–Crippen LogP) is 2.24. The van der Waals surface area contributed by atoms with E-state index >= 15 is 0 Å². The van der Waals surface area contributed by atoms with Crippen LogP contribution in [-0.2, 0) is 16.0 Å². The Kier molecular flexibility index (Phi) is 6.72. The third-order valence-corrected chi connectivity index (χ3v) is 3.50. The van der Waals surface area contributed by atoms with Crippen molar-refractivity contribution < 1.29 is 19.4 Å². The third kappa shape index (κ3) is 5.45. The maximum absolute atomic E-state index is 11.8. The van der Waals surface area contributed by atoms with Crippen molar-refractivity contribution in [2.24, 2.45) is 5.92 Å². The molecule has 1 unspecified atom stereocenters. The molecule has 1 aromatic carbocycles. The van der Waals surface area contributed by atoms with E-state index in [9.17, 15) is 9.59 Å². The number of benzene rings is 1. The lowest BCUT2D eigenvalue weighted by Crippen LogP contribution is -2.46. The molecule has 0 heterocycles. The number of hydrogen-bond acceptors (Lipinski definition) is 3. The molecule has 0 saturated carbocycles. The minimum atomic E-state index is -1.02. The van der Waals surface area contributed by atoms with Crippen LogP contribution in [0.4, 0.5) is 0 Å². The van der Waals surface area contributed by atoms with Crippen molar-refractivity contribution in [2.75, 3.05) is 6.61 Å². The molecule has 5 heteroatoms. The zero-order chi connectivity index (χ0) is 15.8. The molecule has 0 radical (unpaired) electrons. The molecule has 0 bridgehead atoms. The van der Waals surface area contributed by atoms with Crippen LogP contribution < -0.4 is 10.1 Å². The van der Waals surface area contributed by atoms with Crippen LogP contribution >= 0.6 is 0 Å². The molecule has 0 aliphatic rings. The molecule has 0 aliphatic heterocycles. The van der Waals surface area contributed by atoms with Gasteiger partial charge in [-0.15, -0.1) is 0 Å². The predicted molar refractivity (Wildman–Crippen MR) is 80.3 cm³/mol. The van der Waals surface area contributed by atoms with Crippen LogP contribution in [0.2, 0.25) is 0 Å². The summed E-state index contributed by atoms with van der Waals surface area (Å²) in [7, 11) is 0. The van der Waals surface area contributed by atoms with E-state index in [4.69, 9.17) is 9.84 Å². The summed E-state index contributed by atoms with van der Waals surface area (Å²) < 4.78 is 5.36. The van der Waals surface area contributed by atoms with Gasteiger partial charge in [0.05, 0.1) is 0 Å². The highest BCUT2D eigenvalue weighted by atomic mass is 16.5. The van der Waals surface area contributed by atoms with E-state index in [-0.39, 0.29) is 12.5 Å². The second kappa shape index (κ2) is 8.29. The van der Waals surface area contributed by atoms with Gasteiger partial charge in [0, 0.05) is 0 Å². The summed E-state index contributed by atoms with van der Waals surface area (Å²) in [5, 5.41) is 11.6. The average molecular weight is 293 g/mol. The number of nitrogens with one attached hydrogen (secondary N) is 1. The molecule has 116 valence electrons. The van der Waals surface area contributed by atoms with Crippen LogP contribution in [0.25, 0.3) is 0 Å². The Bertz CT molecular complexity index is 470. The largest absolute Gasteiger partial charge is 0.484 e. The first-order valence-electron chi connectivity index (χ1n) is 7.21. The summed E-state index contributed by atoms with van der Waals surface area (Å²) in [6.07, 6.45) is 1.62. The maximum atomic E-state index is 11.8. The first-order chi connectivity index (χ1) is 9.97. The number of carbonyl (C=O) groups excluding carboxylic acids is 1. The molecule has 0 aliphatic carbocycles. The Morgan fingerprint density at radius 1 is 1.24 bits per heavy atom. The lowest BCUT2D eigenvalue weighted by atomic mass is 9.99. The highest BCUT2D eigenvalue weighted by Gasteiger charge is 2.25. The van der Waals surface area contributed by atoms with E-state index in [0.717, 1.165) is 6.42 Å². The van der Waals surface area contributed by atoms with Gasteiger partial charge >= 0.3 is 5.97 Å². The van der Waals surface area contributed by atoms with Gasteiger partial charge in [-0.25, -0.2) is 4.79 Å². The Hall–Kier alpha value is -2.04. The van der Waals surface area contributed by atoms with Crippen molar-refractivity contribution in [1.29, 1.82) is 0 Å². The molecule has 0 aromatic heterocycles. The van der Waals surface area contributed by atoms with Gasteiger partial charge in [-0.3, -0.25) is 4.79 Å². The highest BCUT2D eigenvalue weighted by molar-refractivity contribution is 5.84. The summed E-state index contributed by atoms with van der Waals surface area (Å²) in [6, 6.07) is 6.60. The normalized spacial score (nSPS) is 13.3. The number of rotatable bonds is 8. The molecular formula is C16H23NO4. The molecule has 0 spiro atoms. The van der Waals surface area contributed by atoms with Gasteiger partial charge < -0.3 is 15.2 Å². The van der Waals surface area contributed by atoms with Crippen LogP contribution in [0, 0.1) is 5.92 Å². The van der Waals surface area contributed by atoms with Crippen molar-refractivity contribution >= 4 is 11.9 Å². The molecule has 21 heavy (non-hydrogen) atoms. The van der Waals surface area contributed by atoms with Gasteiger partial charge in [0.2, 0.25) is 0 Å². The first-order valence-corrected chi connectivity index (χ1v) is 7.21. The standard InChI is InChI=1S/C16H23NO4/c1-4-11(3)15(16(19)20)17-14(18)10-21-13-8-6-12(5-2)7-9-13/h6-9,11,15H,4-5,10H2,1-3H3,(H,17,18)(H,19,20)/t11?,15-/m0/s1.